The molecule has 3 nitrogen and oxygen atoms in total. The summed E-state index contributed by atoms with van der Waals surface area (Å²) in [6, 6.07) is 14.3. The van der Waals surface area contributed by atoms with Crippen LogP contribution < -0.4 is 10.2 Å². The van der Waals surface area contributed by atoms with E-state index in [9.17, 15) is 0 Å². The van der Waals surface area contributed by atoms with Gasteiger partial charge in [0.1, 0.15) is 12.4 Å². The summed E-state index contributed by atoms with van der Waals surface area (Å²) in [7, 11) is -0.351. The smallest absolute Gasteiger partial charge is 0.488 e. The molecule has 0 saturated carbocycles. The molecular weight excluding hydrogens is 379 g/mol. The van der Waals surface area contributed by atoms with Crippen LogP contribution in [-0.4, -0.2) is 18.3 Å². The second kappa shape index (κ2) is 6.78. The minimum Gasteiger partial charge on any atom is -0.488 e. The molecule has 25 heavy (non-hydrogen) atoms. The van der Waals surface area contributed by atoms with Crippen molar-refractivity contribution in [3.63, 3.8) is 0 Å². The maximum Gasteiger partial charge on any atom is 0.494 e. The second-order valence-electron chi connectivity index (χ2n) is 7.56. The van der Waals surface area contributed by atoms with Gasteiger partial charge in [0.2, 0.25) is 0 Å². The first kappa shape index (κ1) is 18.5. The molecule has 1 aliphatic rings. The van der Waals surface area contributed by atoms with E-state index in [1.165, 1.54) is 5.56 Å². The largest absolute Gasteiger partial charge is 0.494 e. The molecule has 132 valence electrons. The van der Waals surface area contributed by atoms with E-state index in [4.69, 9.17) is 14.0 Å². The fourth-order valence-electron chi connectivity index (χ4n) is 2.69. The Balaban J connectivity index is 1.72. The van der Waals surface area contributed by atoms with Crippen molar-refractivity contribution >= 4 is 28.5 Å². The van der Waals surface area contributed by atoms with Crippen LogP contribution in [-0.2, 0) is 15.9 Å². The van der Waals surface area contributed by atoms with Crippen LogP contribution in [0.2, 0.25) is 0 Å². The van der Waals surface area contributed by atoms with Crippen LogP contribution in [0.15, 0.2) is 46.9 Å². The molecule has 1 aliphatic heterocycles. The lowest BCUT2D eigenvalue weighted by Gasteiger charge is -2.32. The van der Waals surface area contributed by atoms with E-state index in [0.717, 1.165) is 21.2 Å². The summed E-state index contributed by atoms with van der Waals surface area (Å²) >= 11 is 3.55. The lowest BCUT2D eigenvalue weighted by molar-refractivity contribution is 0.00578. The van der Waals surface area contributed by atoms with Gasteiger partial charge in [0.25, 0.3) is 0 Å². The third-order valence-electron chi connectivity index (χ3n) is 4.96. The highest BCUT2D eigenvalue weighted by Crippen LogP contribution is 2.36. The standard InChI is InChI=1S/C20H24BBrO3/c1-14-9-10-18(17(22)11-14)23-13-15-7-6-8-16(12-15)21-24-19(2,3)20(4,5)25-21/h6-12H,13H2,1-5H3. The summed E-state index contributed by atoms with van der Waals surface area (Å²) < 4.78 is 19.2. The molecule has 1 fully saturated rings. The molecule has 3 rings (SSSR count). The van der Waals surface area contributed by atoms with Crippen LogP contribution in [0.1, 0.15) is 38.8 Å². The zero-order valence-electron chi connectivity index (χ0n) is 15.4. The summed E-state index contributed by atoms with van der Waals surface area (Å²) in [5, 5.41) is 0. The predicted molar refractivity (Wildman–Crippen MR) is 105 cm³/mol. The fourth-order valence-corrected chi connectivity index (χ4v) is 3.30. The van der Waals surface area contributed by atoms with Crippen LogP contribution in [0.25, 0.3) is 0 Å². The molecule has 1 saturated heterocycles. The van der Waals surface area contributed by atoms with Crippen molar-refractivity contribution in [3.8, 4) is 5.75 Å². The Labute approximate surface area is 159 Å². The molecular formula is C20H24BBrO3. The molecule has 0 atom stereocenters. The van der Waals surface area contributed by atoms with Crippen molar-refractivity contribution in [2.75, 3.05) is 0 Å². The van der Waals surface area contributed by atoms with Gasteiger partial charge in [-0.1, -0.05) is 30.3 Å². The minimum absolute atomic E-state index is 0.336. The highest BCUT2D eigenvalue weighted by atomic mass is 79.9. The monoisotopic (exact) mass is 402 g/mol. The predicted octanol–water partition coefficient (Wildman–Crippen LogP) is 4.64. The first-order valence-corrected chi connectivity index (χ1v) is 9.31. The van der Waals surface area contributed by atoms with Crippen molar-refractivity contribution in [2.24, 2.45) is 0 Å². The number of hydrogen-bond donors (Lipinski definition) is 0. The molecule has 0 aliphatic carbocycles. The van der Waals surface area contributed by atoms with Gasteiger partial charge in [-0.25, -0.2) is 0 Å². The highest BCUT2D eigenvalue weighted by Gasteiger charge is 2.51. The van der Waals surface area contributed by atoms with Gasteiger partial charge in [0, 0.05) is 0 Å². The van der Waals surface area contributed by atoms with E-state index < -0.39 is 0 Å². The summed E-state index contributed by atoms with van der Waals surface area (Å²) in [6.07, 6.45) is 0. The topological polar surface area (TPSA) is 27.7 Å². The summed E-state index contributed by atoms with van der Waals surface area (Å²) in [5.74, 6) is 0.839. The van der Waals surface area contributed by atoms with Gasteiger partial charge in [-0.3, -0.25) is 0 Å². The van der Waals surface area contributed by atoms with Gasteiger partial charge < -0.3 is 14.0 Å². The Hall–Kier alpha value is -1.30. The Bertz CT molecular complexity index is 757. The van der Waals surface area contributed by atoms with Gasteiger partial charge in [0.05, 0.1) is 15.7 Å². The number of rotatable bonds is 4. The maximum atomic E-state index is 6.13. The summed E-state index contributed by atoms with van der Waals surface area (Å²) in [6.45, 7) is 10.8. The summed E-state index contributed by atoms with van der Waals surface area (Å²) in [4.78, 5) is 0. The van der Waals surface area contributed by atoms with E-state index in [2.05, 4.69) is 68.7 Å². The molecule has 0 spiro atoms. The van der Waals surface area contributed by atoms with Crippen molar-refractivity contribution in [1.82, 2.24) is 0 Å². The van der Waals surface area contributed by atoms with Crippen LogP contribution in [0, 0.1) is 6.92 Å². The van der Waals surface area contributed by atoms with Gasteiger partial charge in [-0.05, 0) is 79.3 Å². The van der Waals surface area contributed by atoms with E-state index in [-0.39, 0.29) is 18.3 Å². The SMILES string of the molecule is Cc1ccc(OCc2cccc(B3OC(C)(C)C(C)(C)O3)c2)c(Br)c1. The first-order chi connectivity index (χ1) is 11.7. The van der Waals surface area contributed by atoms with Crippen LogP contribution in [0.3, 0.4) is 0 Å². The number of aryl methyl sites for hydroxylation is 1. The van der Waals surface area contributed by atoms with Crippen molar-refractivity contribution < 1.29 is 14.0 Å². The third kappa shape index (κ3) is 3.94. The minimum atomic E-state index is -0.351. The van der Waals surface area contributed by atoms with Gasteiger partial charge in [-0.15, -0.1) is 0 Å². The zero-order valence-corrected chi connectivity index (χ0v) is 17.0. The Morgan fingerprint density at radius 1 is 1.00 bits per heavy atom. The Morgan fingerprint density at radius 2 is 1.68 bits per heavy atom. The lowest BCUT2D eigenvalue weighted by Crippen LogP contribution is -2.41. The quantitative estimate of drug-likeness (QED) is 0.697. The van der Waals surface area contributed by atoms with Crippen molar-refractivity contribution in [2.45, 2.75) is 52.4 Å². The molecule has 0 unspecified atom stereocenters. The highest BCUT2D eigenvalue weighted by molar-refractivity contribution is 9.10. The van der Waals surface area contributed by atoms with E-state index in [0.29, 0.717) is 6.61 Å². The molecule has 0 amide bonds. The molecule has 1 heterocycles. The molecule has 0 N–H and O–H groups in total. The maximum absolute atomic E-state index is 6.13. The second-order valence-corrected chi connectivity index (χ2v) is 8.41. The molecule has 0 aromatic heterocycles. The molecule has 0 bridgehead atoms. The molecule has 2 aromatic rings. The van der Waals surface area contributed by atoms with Crippen LogP contribution in [0.4, 0.5) is 0 Å². The van der Waals surface area contributed by atoms with E-state index >= 15 is 0 Å². The average Bonchev–Trinajstić information content (AvgIpc) is 2.75. The third-order valence-corrected chi connectivity index (χ3v) is 5.58. The summed E-state index contributed by atoms with van der Waals surface area (Å²) in [5.41, 5.74) is 2.62. The normalized spacial score (nSPS) is 18.4. The zero-order chi connectivity index (χ0) is 18.2. The number of benzene rings is 2. The van der Waals surface area contributed by atoms with Gasteiger partial charge >= 0.3 is 7.12 Å². The fraction of sp³-hybridized carbons (Fsp3) is 0.400. The van der Waals surface area contributed by atoms with Crippen LogP contribution >= 0.6 is 15.9 Å². The van der Waals surface area contributed by atoms with Gasteiger partial charge in [0.15, 0.2) is 0 Å². The number of halogens is 1. The number of ether oxygens (including phenoxy) is 1. The molecule has 2 aromatic carbocycles. The first-order valence-electron chi connectivity index (χ1n) is 8.51. The van der Waals surface area contributed by atoms with Crippen molar-refractivity contribution in [1.29, 1.82) is 0 Å². The number of hydrogen-bond acceptors (Lipinski definition) is 3. The van der Waals surface area contributed by atoms with Crippen molar-refractivity contribution in [3.05, 3.63) is 58.1 Å². The Kier molecular flexibility index (Phi) is 5.02. The van der Waals surface area contributed by atoms with Crippen LogP contribution in [0.5, 0.6) is 5.75 Å². The van der Waals surface area contributed by atoms with E-state index in [1.54, 1.807) is 0 Å². The van der Waals surface area contributed by atoms with Gasteiger partial charge in [-0.2, -0.15) is 0 Å². The average molecular weight is 403 g/mol. The Morgan fingerprint density at radius 3 is 2.32 bits per heavy atom. The molecule has 0 radical (unpaired) electrons. The van der Waals surface area contributed by atoms with E-state index in [1.807, 2.05) is 24.3 Å². The lowest BCUT2D eigenvalue weighted by atomic mass is 9.78. The molecule has 5 heteroatoms.